The predicted molar refractivity (Wildman–Crippen MR) is 110 cm³/mol. The van der Waals surface area contributed by atoms with Crippen LogP contribution < -0.4 is 4.74 Å². The minimum absolute atomic E-state index is 0.379. The molecular formula is C23H28N2O2. The Kier molecular flexibility index (Phi) is 5.46. The first-order valence-electron chi connectivity index (χ1n) is 9.88. The maximum Gasteiger partial charge on any atom is 0.118 e. The van der Waals surface area contributed by atoms with Gasteiger partial charge in [0.2, 0.25) is 0 Å². The zero-order valence-corrected chi connectivity index (χ0v) is 16.0. The number of likely N-dealkylation sites (tertiary alicyclic amines) is 1. The largest absolute Gasteiger partial charge is 0.497 e. The Morgan fingerprint density at radius 1 is 0.963 bits per heavy atom. The van der Waals surface area contributed by atoms with E-state index in [1.165, 1.54) is 30.2 Å². The summed E-state index contributed by atoms with van der Waals surface area (Å²) in [5.74, 6) is 0.853. The predicted octanol–water partition coefficient (Wildman–Crippen LogP) is 4.16. The molecule has 0 aliphatic carbocycles. The number of ether oxygens (including phenoxy) is 1. The van der Waals surface area contributed by atoms with Gasteiger partial charge in [0, 0.05) is 23.1 Å². The molecule has 1 aliphatic rings. The van der Waals surface area contributed by atoms with Gasteiger partial charge < -0.3 is 19.3 Å². The molecule has 2 aromatic carbocycles. The van der Waals surface area contributed by atoms with Crippen molar-refractivity contribution in [2.75, 3.05) is 26.7 Å². The van der Waals surface area contributed by atoms with E-state index in [1.807, 2.05) is 12.1 Å². The number of nitrogens with zero attached hydrogens (tertiary/aromatic N) is 2. The highest BCUT2D eigenvalue weighted by molar-refractivity contribution is 5.87. The zero-order valence-electron chi connectivity index (χ0n) is 16.0. The molecule has 4 nitrogen and oxygen atoms in total. The van der Waals surface area contributed by atoms with Crippen molar-refractivity contribution >= 4 is 10.9 Å². The van der Waals surface area contributed by atoms with E-state index in [9.17, 15) is 5.11 Å². The van der Waals surface area contributed by atoms with Crippen LogP contribution in [-0.2, 0) is 6.54 Å². The average molecular weight is 364 g/mol. The van der Waals surface area contributed by atoms with Crippen LogP contribution in [0.25, 0.3) is 22.2 Å². The van der Waals surface area contributed by atoms with Crippen LogP contribution in [0.15, 0.2) is 54.6 Å². The number of hydrogen-bond acceptors (Lipinski definition) is 3. The normalized spacial score (nSPS) is 16.5. The third-order valence-corrected chi connectivity index (χ3v) is 5.51. The van der Waals surface area contributed by atoms with Gasteiger partial charge in [-0.25, -0.2) is 0 Å². The summed E-state index contributed by atoms with van der Waals surface area (Å²) >= 11 is 0. The number of methoxy groups -OCH3 is 1. The Bertz CT molecular complexity index is 879. The van der Waals surface area contributed by atoms with Crippen molar-refractivity contribution < 1.29 is 9.84 Å². The Morgan fingerprint density at radius 2 is 1.70 bits per heavy atom. The van der Waals surface area contributed by atoms with Crippen molar-refractivity contribution in [2.45, 2.75) is 31.9 Å². The first kappa shape index (κ1) is 18.1. The van der Waals surface area contributed by atoms with Crippen molar-refractivity contribution in [2.24, 2.45) is 0 Å². The molecule has 27 heavy (non-hydrogen) atoms. The molecule has 1 aromatic heterocycles. The number of aliphatic hydroxyl groups is 1. The van der Waals surface area contributed by atoms with Crippen LogP contribution in [0.3, 0.4) is 0 Å². The number of aliphatic hydroxyl groups excluding tert-OH is 1. The van der Waals surface area contributed by atoms with E-state index in [2.05, 4.69) is 51.9 Å². The fourth-order valence-electron chi connectivity index (χ4n) is 4.12. The number of benzene rings is 2. The molecule has 0 spiro atoms. The second kappa shape index (κ2) is 8.15. The number of rotatable bonds is 6. The van der Waals surface area contributed by atoms with E-state index >= 15 is 0 Å². The first-order valence-corrected chi connectivity index (χ1v) is 9.88. The summed E-state index contributed by atoms with van der Waals surface area (Å²) in [4.78, 5) is 2.40. The van der Waals surface area contributed by atoms with Gasteiger partial charge in [-0.2, -0.15) is 0 Å². The number of piperidine rings is 1. The SMILES string of the molecule is COc1ccc(-c2cc3ccccc3n2C[C@H](O)CN2CCCCC2)cc1. The Morgan fingerprint density at radius 3 is 2.44 bits per heavy atom. The van der Waals surface area contributed by atoms with Gasteiger partial charge >= 0.3 is 0 Å². The van der Waals surface area contributed by atoms with Crippen molar-refractivity contribution in [1.82, 2.24) is 9.47 Å². The van der Waals surface area contributed by atoms with Crippen LogP contribution in [0.4, 0.5) is 0 Å². The lowest BCUT2D eigenvalue weighted by atomic mass is 10.1. The van der Waals surface area contributed by atoms with E-state index < -0.39 is 0 Å². The van der Waals surface area contributed by atoms with Crippen LogP contribution in [-0.4, -0.2) is 47.4 Å². The Balaban J connectivity index is 1.63. The molecule has 0 amide bonds. The highest BCUT2D eigenvalue weighted by Crippen LogP contribution is 2.30. The van der Waals surface area contributed by atoms with Gasteiger partial charge in [0.15, 0.2) is 0 Å². The van der Waals surface area contributed by atoms with E-state index in [0.717, 1.165) is 36.6 Å². The highest BCUT2D eigenvalue weighted by Gasteiger charge is 2.18. The maximum atomic E-state index is 10.8. The number of aromatic nitrogens is 1. The van der Waals surface area contributed by atoms with Crippen molar-refractivity contribution in [3.05, 3.63) is 54.6 Å². The lowest BCUT2D eigenvalue weighted by molar-refractivity contribution is 0.0896. The molecule has 0 bridgehead atoms. The van der Waals surface area contributed by atoms with Gasteiger partial charge in [0.05, 0.1) is 19.8 Å². The summed E-state index contributed by atoms with van der Waals surface area (Å²) in [6.45, 7) is 3.56. The van der Waals surface area contributed by atoms with Crippen LogP contribution in [0, 0.1) is 0 Å². The van der Waals surface area contributed by atoms with Gasteiger partial charge in [-0.05, 0) is 67.9 Å². The molecule has 4 heteroatoms. The second-order valence-corrected chi connectivity index (χ2v) is 7.44. The van der Waals surface area contributed by atoms with Crippen molar-refractivity contribution in [3.63, 3.8) is 0 Å². The number of para-hydroxylation sites is 1. The molecule has 1 saturated heterocycles. The molecule has 1 fully saturated rings. The molecule has 1 atom stereocenters. The third-order valence-electron chi connectivity index (χ3n) is 5.51. The number of fused-ring (bicyclic) bond motifs is 1. The Labute approximate surface area is 161 Å². The summed E-state index contributed by atoms with van der Waals surface area (Å²) in [7, 11) is 1.68. The molecule has 1 aliphatic heterocycles. The molecule has 0 unspecified atom stereocenters. The lowest BCUT2D eigenvalue weighted by Gasteiger charge is -2.29. The van der Waals surface area contributed by atoms with Gasteiger partial charge in [-0.3, -0.25) is 0 Å². The molecule has 0 saturated carbocycles. The van der Waals surface area contributed by atoms with Gasteiger partial charge in [0.25, 0.3) is 0 Å². The number of β-amino-alcohol motifs (C(OH)–C–C–N with tert-alkyl or cyclic N) is 1. The minimum atomic E-state index is -0.379. The van der Waals surface area contributed by atoms with E-state index in [1.54, 1.807) is 7.11 Å². The van der Waals surface area contributed by atoms with E-state index in [4.69, 9.17) is 4.74 Å². The third kappa shape index (κ3) is 4.02. The monoisotopic (exact) mass is 364 g/mol. The summed E-state index contributed by atoms with van der Waals surface area (Å²) < 4.78 is 7.55. The van der Waals surface area contributed by atoms with E-state index in [-0.39, 0.29) is 6.10 Å². The fourth-order valence-corrected chi connectivity index (χ4v) is 4.12. The van der Waals surface area contributed by atoms with Crippen molar-refractivity contribution in [1.29, 1.82) is 0 Å². The lowest BCUT2D eigenvalue weighted by Crippen LogP contribution is -2.38. The summed E-state index contributed by atoms with van der Waals surface area (Å²) in [6.07, 6.45) is 3.43. The maximum absolute atomic E-state index is 10.8. The van der Waals surface area contributed by atoms with Crippen LogP contribution in [0.2, 0.25) is 0 Å². The molecular weight excluding hydrogens is 336 g/mol. The molecule has 142 valence electrons. The molecule has 4 rings (SSSR count). The topological polar surface area (TPSA) is 37.6 Å². The van der Waals surface area contributed by atoms with Gasteiger partial charge in [-0.1, -0.05) is 24.6 Å². The fraction of sp³-hybridized carbons (Fsp3) is 0.391. The average Bonchev–Trinajstić information content (AvgIpc) is 3.07. The summed E-state index contributed by atoms with van der Waals surface area (Å²) in [5.41, 5.74) is 3.44. The van der Waals surface area contributed by atoms with Crippen LogP contribution in [0.1, 0.15) is 19.3 Å². The van der Waals surface area contributed by atoms with Gasteiger partial charge in [0.1, 0.15) is 5.75 Å². The molecule has 1 N–H and O–H groups in total. The molecule has 3 aromatic rings. The Hall–Kier alpha value is -2.30. The summed E-state index contributed by atoms with van der Waals surface area (Å²) in [6, 6.07) is 18.8. The smallest absolute Gasteiger partial charge is 0.118 e. The molecule has 2 heterocycles. The minimum Gasteiger partial charge on any atom is -0.497 e. The zero-order chi connectivity index (χ0) is 18.6. The number of hydrogen-bond donors (Lipinski definition) is 1. The summed E-state index contributed by atoms with van der Waals surface area (Å²) in [5, 5.41) is 12.0. The van der Waals surface area contributed by atoms with E-state index in [0.29, 0.717) is 6.54 Å². The molecule has 0 radical (unpaired) electrons. The second-order valence-electron chi connectivity index (χ2n) is 7.44. The van der Waals surface area contributed by atoms with Gasteiger partial charge in [-0.15, -0.1) is 0 Å². The standard InChI is InChI=1S/C23H28N2O2/c1-27-21-11-9-18(10-12-21)23-15-19-7-3-4-8-22(19)25(23)17-20(26)16-24-13-5-2-6-14-24/h3-4,7-12,15,20,26H,2,5-6,13-14,16-17H2,1H3/t20-/m1/s1. The van der Waals surface area contributed by atoms with Crippen LogP contribution in [0.5, 0.6) is 5.75 Å². The highest BCUT2D eigenvalue weighted by atomic mass is 16.5. The first-order chi connectivity index (χ1) is 13.2. The quantitative estimate of drug-likeness (QED) is 0.713. The van der Waals surface area contributed by atoms with Crippen LogP contribution >= 0.6 is 0 Å². The van der Waals surface area contributed by atoms with Crippen molar-refractivity contribution in [3.8, 4) is 17.0 Å².